The van der Waals surface area contributed by atoms with E-state index in [0.717, 1.165) is 66.6 Å². The van der Waals surface area contributed by atoms with E-state index in [9.17, 15) is 17.6 Å². The van der Waals surface area contributed by atoms with Crippen molar-refractivity contribution in [3.8, 4) is 28.6 Å². The Balaban J connectivity index is 0.000000493. The highest BCUT2D eigenvalue weighted by molar-refractivity contribution is 5.80. The Labute approximate surface area is 249 Å². The fraction of sp³-hybridized carbons (Fsp3) is 0.188. The van der Waals surface area contributed by atoms with E-state index in [2.05, 4.69) is 67.2 Å². The number of aliphatic carboxylic acids is 1. The predicted octanol–water partition coefficient (Wildman–Crippen LogP) is 6.26. The molecule has 0 atom stereocenters. The lowest BCUT2D eigenvalue weighted by Gasteiger charge is -2.35. The highest BCUT2D eigenvalue weighted by Gasteiger charge is 2.38. The standard InChI is InChI=1S/C30H25FN6.C2HF3O2/c31-26-8-9-27-28(17-26)35-30(34-27)25-6-2-5-24(16-25)23-4-1-3-21(15-23)20-36-11-13-37(14-12-36)29-10-7-22(18-32)19-33-29;3-2(4,5)1(6)7/h1-10,15-17,19H,11-14,20H2,(H,34,35);(H,6,7). The van der Waals surface area contributed by atoms with Crippen molar-refractivity contribution in [1.29, 1.82) is 5.26 Å². The number of halogens is 4. The first-order valence-corrected chi connectivity index (χ1v) is 13.6. The Morgan fingerprint density at radius 1 is 0.932 bits per heavy atom. The van der Waals surface area contributed by atoms with Crippen LogP contribution in [0.15, 0.2) is 85.1 Å². The SMILES string of the molecule is N#Cc1ccc(N2CCN(Cc3cccc(-c4cccc(-c5nc6ccc(F)cc6[nH]5)c4)c3)CC2)nc1.O=C(O)C(F)(F)F. The summed E-state index contributed by atoms with van der Waals surface area (Å²) in [4.78, 5) is 25.9. The van der Waals surface area contributed by atoms with Crippen LogP contribution in [-0.4, -0.2) is 63.3 Å². The molecule has 5 aromatic rings. The van der Waals surface area contributed by atoms with Gasteiger partial charge in [-0.3, -0.25) is 4.90 Å². The number of hydrogen-bond donors (Lipinski definition) is 2. The number of anilines is 1. The number of aromatic amines is 1. The number of carbonyl (C=O) groups is 1. The van der Waals surface area contributed by atoms with E-state index in [1.807, 2.05) is 24.3 Å². The van der Waals surface area contributed by atoms with Crippen LogP contribution in [0.2, 0.25) is 0 Å². The summed E-state index contributed by atoms with van der Waals surface area (Å²) in [6.45, 7) is 4.60. The molecule has 44 heavy (non-hydrogen) atoms. The third kappa shape index (κ3) is 7.37. The molecule has 1 fully saturated rings. The fourth-order valence-corrected chi connectivity index (χ4v) is 4.85. The van der Waals surface area contributed by atoms with Crippen LogP contribution in [0.3, 0.4) is 0 Å². The quantitative estimate of drug-likeness (QED) is 0.229. The summed E-state index contributed by atoms with van der Waals surface area (Å²) in [5.41, 5.74) is 6.53. The molecule has 1 aliphatic rings. The summed E-state index contributed by atoms with van der Waals surface area (Å²) < 4.78 is 45.3. The first kappa shape index (κ1) is 30.2. The molecule has 0 saturated carbocycles. The molecule has 3 aromatic carbocycles. The van der Waals surface area contributed by atoms with E-state index >= 15 is 0 Å². The average Bonchev–Trinajstić information content (AvgIpc) is 3.45. The minimum Gasteiger partial charge on any atom is -0.475 e. The molecule has 2 aromatic heterocycles. The number of piperazine rings is 1. The first-order chi connectivity index (χ1) is 21.1. The van der Waals surface area contributed by atoms with E-state index < -0.39 is 12.1 Å². The highest BCUT2D eigenvalue weighted by Crippen LogP contribution is 2.28. The number of carboxylic acid groups (broad SMARTS) is 1. The molecule has 8 nitrogen and oxygen atoms in total. The maximum absolute atomic E-state index is 13.6. The van der Waals surface area contributed by atoms with Gasteiger partial charge < -0.3 is 15.0 Å². The van der Waals surface area contributed by atoms with Gasteiger partial charge in [-0.25, -0.2) is 19.2 Å². The molecule has 0 unspecified atom stereocenters. The lowest BCUT2D eigenvalue weighted by Crippen LogP contribution is -2.46. The Kier molecular flexibility index (Phi) is 8.87. The van der Waals surface area contributed by atoms with Crippen LogP contribution in [0, 0.1) is 17.1 Å². The number of pyridine rings is 1. The van der Waals surface area contributed by atoms with Gasteiger partial charge in [0, 0.05) is 44.5 Å². The number of rotatable bonds is 5. The Morgan fingerprint density at radius 2 is 1.61 bits per heavy atom. The van der Waals surface area contributed by atoms with Crippen molar-refractivity contribution in [2.75, 3.05) is 31.1 Å². The Hall–Kier alpha value is -5.28. The fourth-order valence-electron chi connectivity index (χ4n) is 4.85. The van der Waals surface area contributed by atoms with Crippen LogP contribution >= 0.6 is 0 Å². The number of benzene rings is 3. The van der Waals surface area contributed by atoms with Gasteiger partial charge in [-0.05, 0) is 59.2 Å². The molecule has 0 spiro atoms. The van der Waals surface area contributed by atoms with Crippen LogP contribution in [0.4, 0.5) is 23.4 Å². The van der Waals surface area contributed by atoms with Crippen molar-refractivity contribution in [3.63, 3.8) is 0 Å². The van der Waals surface area contributed by atoms with Crippen LogP contribution in [0.25, 0.3) is 33.5 Å². The van der Waals surface area contributed by atoms with Gasteiger partial charge in [0.15, 0.2) is 0 Å². The monoisotopic (exact) mass is 602 g/mol. The van der Waals surface area contributed by atoms with Crippen molar-refractivity contribution < 1.29 is 27.5 Å². The summed E-state index contributed by atoms with van der Waals surface area (Å²) in [7, 11) is 0. The van der Waals surface area contributed by atoms with Gasteiger partial charge in [-0.15, -0.1) is 0 Å². The normalized spacial score (nSPS) is 13.7. The maximum atomic E-state index is 13.6. The number of hydrogen-bond acceptors (Lipinski definition) is 6. The van der Waals surface area contributed by atoms with E-state index in [4.69, 9.17) is 15.2 Å². The number of nitrogens with one attached hydrogen (secondary N) is 1. The summed E-state index contributed by atoms with van der Waals surface area (Å²) >= 11 is 0. The van der Waals surface area contributed by atoms with Crippen LogP contribution in [-0.2, 0) is 11.3 Å². The number of nitrogens with zero attached hydrogens (tertiary/aromatic N) is 5. The molecule has 3 heterocycles. The maximum Gasteiger partial charge on any atom is 0.490 e. The molecule has 1 saturated heterocycles. The minimum atomic E-state index is -5.08. The number of aromatic nitrogens is 3. The van der Waals surface area contributed by atoms with Crippen molar-refractivity contribution in [2.45, 2.75) is 12.7 Å². The van der Waals surface area contributed by atoms with Crippen molar-refractivity contribution in [1.82, 2.24) is 19.9 Å². The molecular formula is C32H26F4N6O2. The van der Waals surface area contributed by atoms with Crippen molar-refractivity contribution in [2.24, 2.45) is 0 Å². The summed E-state index contributed by atoms with van der Waals surface area (Å²) in [6, 6.07) is 27.4. The van der Waals surface area contributed by atoms with Gasteiger partial charge >= 0.3 is 12.1 Å². The van der Waals surface area contributed by atoms with E-state index in [-0.39, 0.29) is 5.82 Å². The molecule has 0 aliphatic carbocycles. The third-order valence-electron chi connectivity index (χ3n) is 7.06. The molecule has 0 bridgehead atoms. The molecule has 2 N–H and O–H groups in total. The van der Waals surface area contributed by atoms with E-state index in [1.54, 1.807) is 12.3 Å². The lowest BCUT2D eigenvalue weighted by atomic mass is 10.0. The molecule has 0 amide bonds. The molecular weight excluding hydrogens is 576 g/mol. The molecule has 1 aliphatic heterocycles. The lowest BCUT2D eigenvalue weighted by molar-refractivity contribution is -0.192. The van der Waals surface area contributed by atoms with Gasteiger partial charge in [0.25, 0.3) is 0 Å². The average molecular weight is 603 g/mol. The van der Waals surface area contributed by atoms with Gasteiger partial charge in [-0.2, -0.15) is 18.4 Å². The highest BCUT2D eigenvalue weighted by atomic mass is 19.4. The van der Waals surface area contributed by atoms with Crippen LogP contribution < -0.4 is 4.90 Å². The molecule has 12 heteroatoms. The molecule has 224 valence electrons. The van der Waals surface area contributed by atoms with Crippen LogP contribution in [0.5, 0.6) is 0 Å². The number of nitriles is 1. The largest absolute Gasteiger partial charge is 0.490 e. The first-order valence-electron chi connectivity index (χ1n) is 13.6. The second kappa shape index (κ2) is 12.9. The van der Waals surface area contributed by atoms with Gasteiger partial charge in [0.2, 0.25) is 0 Å². The smallest absolute Gasteiger partial charge is 0.475 e. The summed E-state index contributed by atoms with van der Waals surface area (Å²) in [5.74, 6) is -1.38. The van der Waals surface area contributed by atoms with Gasteiger partial charge in [0.05, 0.1) is 16.6 Å². The number of alkyl halides is 3. The molecule has 6 rings (SSSR count). The third-order valence-corrected chi connectivity index (χ3v) is 7.06. The number of imidazole rings is 1. The number of carboxylic acids is 1. The van der Waals surface area contributed by atoms with E-state index in [1.165, 1.54) is 17.7 Å². The number of H-pyrrole nitrogens is 1. The topological polar surface area (TPSA) is 109 Å². The second-order valence-electron chi connectivity index (χ2n) is 10.1. The minimum absolute atomic E-state index is 0.277. The van der Waals surface area contributed by atoms with Gasteiger partial charge in [0.1, 0.15) is 23.5 Å². The summed E-state index contributed by atoms with van der Waals surface area (Å²) in [5, 5.41) is 16.1. The zero-order valence-electron chi connectivity index (χ0n) is 23.2. The Morgan fingerprint density at radius 3 is 2.27 bits per heavy atom. The zero-order chi connectivity index (χ0) is 31.3. The van der Waals surface area contributed by atoms with Crippen molar-refractivity contribution in [3.05, 3.63) is 102 Å². The van der Waals surface area contributed by atoms with E-state index in [0.29, 0.717) is 11.1 Å². The predicted molar refractivity (Wildman–Crippen MR) is 157 cm³/mol. The Bertz CT molecular complexity index is 1810. The molecule has 0 radical (unpaired) electrons. The summed E-state index contributed by atoms with van der Waals surface area (Å²) in [6.07, 6.45) is -3.45. The second-order valence-corrected chi connectivity index (χ2v) is 10.1. The number of fused-ring (bicyclic) bond motifs is 1. The van der Waals surface area contributed by atoms with Gasteiger partial charge in [-0.1, -0.05) is 36.4 Å². The van der Waals surface area contributed by atoms with Crippen LogP contribution in [0.1, 0.15) is 11.1 Å². The zero-order valence-corrected chi connectivity index (χ0v) is 23.2. The van der Waals surface area contributed by atoms with Crippen molar-refractivity contribution >= 4 is 22.8 Å².